The van der Waals surface area contributed by atoms with E-state index in [0.717, 1.165) is 0 Å². The number of nitrogens with zero attached hydrogens (tertiary/aromatic N) is 1. The Bertz CT molecular complexity index is 1030. The Morgan fingerprint density at radius 1 is 1.14 bits per heavy atom. The van der Waals surface area contributed by atoms with Crippen LogP contribution in [0.1, 0.15) is 34.1 Å². The molecular formula is C27H33NO4S2Si. The van der Waals surface area contributed by atoms with Crippen LogP contribution in [0.25, 0.3) is 0 Å². The first-order valence-corrected chi connectivity index (χ1v) is 15.0. The molecule has 2 aromatic rings. The molecule has 1 amide bonds. The van der Waals surface area contributed by atoms with E-state index in [4.69, 9.17) is 16.6 Å². The summed E-state index contributed by atoms with van der Waals surface area (Å²) in [4.78, 5) is 25.9. The lowest BCUT2D eigenvalue weighted by Gasteiger charge is -2.42. The van der Waals surface area contributed by atoms with Crippen LogP contribution in [-0.2, 0) is 14.0 Å². The summed E-state index contributed by atoms with van der Waals surface area (Å²) in [6.45, 7) is 8.34. The molecule has 1 heterocycles. The Kier molecular flexibility index (Phi) is 9.23. The molecular weight excluding hydrogens is 495 g/mol. The van der Waals surface area contributed by atoms with Crippen LogP contribution >= 0.6 is 24.0 Å². The fraction of sp³-hybridized carbons (Fsp3) is 0.370. The number of Topliss-reactive ketones (excluding diaryl/α,β-unsaturated/α-hetero) is 1. The minimum atomic E-state index is -2.67. The van der Waals surface area contributed by atoms with Crippen molar-refractivity contribution in [3.8, 4) is 0 Å². The first kappa shape index (κ1) is 27.5. The van der Waals surface area contributed by atoms with Gasteiger partial charge in [-0.1, -0.05) is 118 Å². The summed E-state index contributed by atoms with van der Waals surface area (Å²) in [5.74, 6) is -0.00957. The molecule has 0 aliphatic carbocycles. The molecule has 1 saturated heterocycles. The number of hydrogen-bond acceptors (Lipinski definition) is 6. The Morgan fingerprint density at radius 2 is 1.69 bits per heavy atom. The van der Waals surface area contributed by atoms with Crippen LogP contribution in [0, 0.1) is 0 Å². The van der Waals surface area contributed by atoms with E-state index < -0.39 is 20.5 Å². The number of benzene rings is 2. The first-order valence-electron chi connectivity index (χ1n) is 11.7. The van der Waals surface area contributed by atoms with Crippen LogP contribution < -0.4 is 10.4 Å². The van der Waals surface area contributed by atoms with Crippen molar-refractivity contribution in [2.45, 2.75) is 51.3 Å². The summed E-state index contributed by atoms with van der Waals surface area (Å²) in [6.07, 6.45) is 2.36. The largest absolute Gasteiger partial charge is 0.404 e. The zero-order valence-electron chi connectivity index (χ0n) is 20.6. The molecule has 0 aromatic heterocycles. The molecule has 1 fully saturated rings. The van der Waals surface area contributed by atoms with Crippen molar-refractivity contribution in [3.63, 3.8) is 0 Å². The molecule has 2 atom stereocenters. The number of rotatable bonds is 9. The van der Waals surface area contributed by atoms with Crippen LogP contribution in [0.5, 0.6) is 0 Å². The third kappa shape index (κ3) is 6.18. The number of thioether (sulfide) groups is 1. The van der Waals surface area contributed by atoms with Crippen molar-refractivity contribution in [2.24, 2.45) is 0 Å². The average Bonchev–Trinajstić information content (AvgIpc) is 3.21. The minimum Gasteiger partial charge on any atom is -0.404 e. The Morgan fingerprint density at radius 3 is 2.17 bits per heavy atom. The van der Waals surface area contributed by atoms with Crippen molar-refractivity contribution in [1.29, 1.82) is 0 Å². The van der Waals surface area contributed by atoms with E-state index >= 15 is 0 Å². The van der Waals surface area contributed by atoms with Crippen molar-refractivity contribution >= 4 is 58.7 Å². The molecule has 2 aromatic carbocycles. The standard InChI is InChI=1S/C27H33NO4S2Si/c1-20(29)28-24(19-34-26(28)33)25(31)18-21(30)12-11-17-32-35(27(2,3)4,22-13-7-5-8-14-22)23-15-9-6-10-16-23/h5-16,21,24,30H,17-19H2,1-4H3/b12-11+/t21-,24+/m0/s1. The maximum atomic E-state index is 12.7. The van der Waals surface area contributed by atoms with Crippen LogP contribution in [0.4, 0.5) is 0 Å². The fourth-order valence-electron chi connectivity index (χ4n) is 4.56. The smallest absolute Gasteiger partial charge is 0.261 e. The van der Waals surface area contributed by atoms with Crippen molar-refractivity contribution in [2.75, 3.05) is 12.4 Å². The normalized spacial score (nSPS) is 17.7. The lowest BCUT2D eigenvalue weighted by atomic mass is 10.1. The number of carbonyl (C=O) groups is 2. The van der Waals surface area contributed by atoms with Gasteiger partial charge in [0.25, 0.3) is 8.32 Å². The highest BCUT2D eigenvalue weighted by molar-refractivity contribution is 8.23. The number of aliphatic hydroxyl groups is 1. The quantitative estimate of drug-likeness (QED) is 0.305. The van der Waals surface area contributed by atoms with E-state index in [9.17, 15) is 14.7 Å². The van der Waals surface area contributed by atoms with Gasteiger partial charge >= 0.3 is 0 Å². The van der Waals surface area contributed by atoms with Gasteiger partial charge in [-0.15, -0.1) is 0 Å². The third-order valence-corrected chi connectivity index (χ3v) is 12.6. The number of carbonyl (C=O) groups excluding carboxylic acids is 2. The highest BCUT2D eigenvalue weighted by atomic mass is 32.2. The predicted molar refractivity (Wildman–Crippen MR) is 150 cm³/mol. The summed E-state index contributed by atoms with van der Waals surface area (Å²) in [7, 11) is -2.67. The number of aliphatic hydroxyl groups excluding tert-OH is 1. The molecule has 0 spiro atoms. The van der Waals surface area contributed by atoms with Gasteiger partial charge in [-0.3, -0.25) is 14.5 Å². The molecule has 0 saturated carbocycles. The summed E-state index contributed by atoms with van der Waals surface area (Å²) in [6, 6.07) is 20.1. The molecule has 3 rings (SSSR count). The summed E-state index contributed by atoms with van der Waals surface area (Å²) in [5.41, 5.74) is 0. The second-order valence-electron chi connectivity index (χ2n) is 9.62. The van der Waals surface area contributed by atoms with Crippen molar-refractivity contribution in [3.05, 3.63) is 72.8 Å². The molecule has 1 aliphatic heterocycles. The SMILES string of the molecule is CC(=O)N1C(=S)SC[C@@H]1C(=O)C[C@@H](O)/C=C/CO[Si](c1ccccc1)(c1ccccc1)C(C)(C)C. The molecule has 1 N–H and O–H groups in total. The van der Waals surface area contributed by atoms with Crippen LogP contribution in [-0.4, -0.2) is 58.8 Å². The third-order valence-electron chi connectivity index (χ3n) is 6.17. The fourth-order valence-corrected chi connectivity index (χ4v) is 10.6. The van der Waals surface area contributed by atoms with Gasteiger partial charge in [-0.05, 0) is 15.4 Å². The lowest BCUT2D eigenvalue weighted by Crippen LogP contribution is -2.66. The van der Waals surface area contributed by atoms with Gasteiger partial charge in [0.15, 0.2) is 5.78 Å². The van der Waals surface area contributed by atoms with E-state index in [-0.39, 0.29) is 23.1 Å². The van der Waals surface area contributed by atoms with Crippen LogP contribution in [0.15, 0.2) is 72.8 Å². The topological polar surface area (TPSA) is 66.8 Å². The van der Waals surface area contributed by atoms with Gasteiger partial charge in [0.1, 0.15) is 10.4 Å². The summed E-state index contributed by atoms with van der Waals surface area (Å²) < 4.78 is 7.18. The van der Waals surface area contributed by atoms with E-state index in [1.54, 1.807) is 12.2 Å². The van der Waals surface area contributed by atoms with Crippen LogP contribution in [0.3, 0.4) is 0 Å². The summed E-state index contributed by atoms with van der Waals surface area (Å²) in [5, 5.41) is 12.7. The second-order valence-corrected chi connectivity index (χ2v) is 15.6. The van der Waals surface area contributed by atoms with Crippen molar-refractivity contribution in [1.82, 2.24) is 4.90 Å². The highest BCUT2D eigenvalue weighted by Gasteiger charge is 2.49. The number of ketones is 1. The van der Waals surface area contributed by atoms with Gasteiger partial charge in [0.05, 0.1) is 12.7 Å². The number of amides is 1. The van der Waals surface area contributed by atoms with Crippen molar-refractivity contribution < 1.29 is 19.1 Å². The molecule has 35 heavy (non-hydrogen) atoms. The Hall–Kier alpha value is -2.10. The molecule has 186 valence electrons. The molecule has 0 unspecified atom stereocenters. The predicted octanol–water partition coefficient (Wildman–Crippen LogP) is 3.69. The molecule has 1 aliphatic rings. The molecule has 0 radical (unpaired) electrons. The van der Waals surface area contributed by atoms with E-state index in [1.165, 1.54) is 34.0 Å². The number of thiocarbonyl (C=S) groups is 1. The number of hydrogen-bond donors (Lipinski definition) is 1. The lowest BCUT2D eigenvalue weighted by molar-refractivity contribution is -0.133. The zero-order chi connectivity index (χ0) is 25.6. The van der Waals surface area contributed by atoms with Gasteiger partial charge in [-0.25, -0.2) is 0 Å². The van der Waals surface area contributed by atoms with Gasteiger partial charge in [-0.2, -0.15) is 0 Å². The Balaban J connectivity index is 1.74. The maximum absolute atomic E-state index is 12.7. The first-order chi connectivity index (χ1) is 16.6. The zero-order valence-corrected chi connectivity index (χ0v) is 23.3. The maximum Gasteiger partial charge on any atom is 0.261 e. The van der Waals surface area contributed by atoms with Gasteiger partial charge in [0, 0.05) is 19.1 Å². The molecule has 8 heteroatoms. The van der Waals surface area contributed by atoms with Gasteiger partial charge < -0.3 is 9.53 Å². The molecule has 0 bridgehead atoms. The Labute approximate surface area is 218 Å². The van der Waals surface area contributed by atoms with E-state index in [1.807, 2.05) is 36.4 Å². The monoisotopic (exact) mass is 527 g/mol. The average molecular weight is 528 g/mol. The van der Waals surface area contributed by atoms with Crippen LogP contribution in [0.2, 0.25) is 5.04 Å². The van der Waals surface area contributed by atoms with Gasteiger partial charge in [0.2, 0.25) is 5.91 Å². The molecule has 5 nitrogen and oxygen atoms in total. The summed E-state index contributed by atoms with van der Waals surface area (Å²) >= 11 is 6.50. The highest BCUT2D eigenvalue weighted by Crippen LogP contribution is 2.36. The second kappa shape index (κ2) is 11.8. The minimum absolute atomic E-state index is 0.0761. The van der Waals surface area contributed by atoms with E-state index in [2.05, 4.69) is 45.0 Å². The van der Waals surface area contributed by atoms with E-state index in [0.29, 0.717) is 16.7 Å².